The van der Waals surface area contributed by atoms with Crippen LogP contribution in [-0.4, -0.2) is 43.1 Å². The van der Waals surface area contributed by atoms with Crippen LogP contribution in [0.2, 0.25) is 0 Å². The third kappa shape index (κ3) is 4.85. The Bertz CT molecular complexity index is 375. The number of nitrogens with zero attached hydrogens (tertiary/aromatic N) is 1. The number of amides is 1. The first-order chi connectivity index (χ1) is 8.42. The standard InChI is InChI=1S/C14H22N2O2/c1-14(18,12-7-5-4-6-8-12)11-15-13(17)9-10-16(2)3/h4-8,18H,9-11H2,1-3H3,(H,15,17). The lowest BCUT2D eigenvalue weighted by molar-refractivity contribution is -0.122. The Morgan fingerprint density at radius 3 is 2.50 bits per heavy atom. The first-order valence-electron chi connectivity index (χ1n) is 6.11. The van der Waals surface area contributed by atoms with Crippen LogP contribution in [0.3, 0.4) is 0 Å². The number of benzene rings is 1. The van der Waals surface area contributed by atoms with E-state index in [1.807, 2.05) is 49.3 Å². The molecule has 1 unspecified atom stereocenters. The fourth-order valence-corrected chi connectivity index (χ4v) is 1.58. The van der Waals surface area contributed by atoms with Crippen LogP contribution in [-0.2, 0) is 10.4 Å². The minimum absolute atomic E-state index is 0.0418. The Hall–Kier alpha value is -1.39. The average Bonchev–Trinajstić information content (AvgIpc) is 2.35. The molecule has 0 saturated heterocycles. The lowest BCUT2D eigenvalue weighted by atomic mass is 9.96. The van der Waals surface area contributed by atoms with Crippen LogP contribution >= 0.6 is 0 Å². The van der Waals surface area contributed by atoms with Gasteiger partial charge in [-0.15, -0.1) is 0 Å². The topological polar surface area (TPSA) is 52.6 Å². The smallest absolute Gasteiger partial charge is 0.221 e. The number of carbonyl (C=O) groups excluding carboxylic acids is 1. The van der Waals surface area contributed by atoms with Crippen molar-refractivity contribution < 1.29 is 9.90 Å². The maximum absolute atomic E-state index is 11.6. The zero-order valence-corrected chi connectivity index (χ0v) is 11.3. The van der Waals surface area contributed by atoms with Gasteiger partial charge in [0.25, 0.3) is 0 Å². The van der Waals surface area contributed by atoms with Crippen LogP contribution in [0.1, 0.15) is 18.9 Å². The van der Waals surface area contributed by atoms with Crippen LogP contribution in [0.5, 0.6) is 0 Å². The lowest BCUT2D eigenvalue weighted by Crippen LogP contribution is -2.39. The molecule has 18 heavy (non-hydrogen) atoms. The highest BCUT2D eigenvalue weighted by Crippen LogP contribution is 2.18. The van der Waals surface area contributed by atoms with Crippen LogP contribution in [0.4, 0.5) is 0 Å². The van der Waals surface area contributed by atoms with E-state index in [0.717, 1.165) is 5.56 Å². The summed E-state index contributed by atoms with van der Waals surface area (Å²) in [7, 11) is 3.85. The molecule has 4 heteroatoms. The predicted molar refractivity (Wildman–Crippen MR) is 72.2 cm³/mol. The predicted octanol–water partition coefficient (Wildman–Crippen LogP) is 0.962. The minimum Gasteiger partial charge on any atom is -0.384 e. The molecule has 100 valence electrons. The summed E-state index contributed by atoms with van der Waals surface area (Å²) in [6.07, 6.45) is 0.442. The molecule has 2 N–H and O–H groups in total. The summed E-state index contributed by atoms with van der Waals surface area (Å²) < 4.78 is 0. The lowest BCUT2D eigenvalue weighted by Gasteiger charge is -2.24. The largest absolute Gasteiger partial charge is 0.384 e. The number of hydrogen-bond donors (Lipinski definition) is 2. The number of hydrogen-bond acceptors (Lipinski definition) is 3. The van der Waals surface area contributed by atoms with Crippen molar-refractivity contribution in [2.24, 2.45) is 0 Å². The van der Waals surface area contributed by atoms with Gasteiger partial charge in [0.05, 0.1) is 6.54 Å². The molecular formula is C14H22N2O2. The highest BCUT2D eigenvalue weighted by molar-refractivity contribution is 5.76. The summed E-state index contributed by atoms with van der Waals surface area (Å²) in [5.41, 5.74) is -0.229. The molecule has 1 aromatic rings. The first kappa shape index (κ1) is 14.7. The average molecular weight is 250 g/mol. The Morgan fingerprint density at radius 1 is 1.33 bits per heavy atom. The number of aliphatic hydroxyl groups is 1. The van der Waals surface area contributed by atoms with Gasteiger partial charge in [-0.2, -0.15) is 0 Å². The van der Waals surface area contributed by atoms with Gasteiger partial charge in [0, 0.05) is 13.0 Å². The van der Waals surface area contributed by atoms with Gasteiger partial charge >= 0.3 is 0 Å². The number of carbonyl (C=O) groups is 1. The molecule has 0 fully saturated rings. The molecule has 1 aromatic carbocycles. The Balaban J connectivity index is 2.45. The van der Waals surface area contributed by atoms with Crippen molar-refractivity contribution >= 4 is 5.91 Å². The van der Waals surface area contributed by atoms with Crippen molar-refractivity contribution in [2.45, 2.75) is 18.9 Å². The number of nitrogens with one attached hydrogen (secondary N) is 1. The molecular weight excluding hydrogens is 228 g/mol. The summed E-state index contributed by atoms with van der Waals surface area (Å²) >= 11 is 0. The van der Waals surface area contributed by atoms with Crippen molar-refractivity contribution in [3.63, 3.8) is 0 Å². The fraction of sp³-hybridized carbons (Fsp3) is 0.500. The Morgan fingerprint density at radius 2 is 1.94 bits per heavy atom. The van der Waals surface area contributed by atoms with Gasteiger partial charge in [0.2, 0.25) is 5.91 Å². The highest BCUT2D eigenvalue weighted by Gasteiger charge is 2.23. The van der Waals surface area contributed by atoms with Crippen LogP contribution in [0.25, 0.3) is 0 Å². The van der Waals surface area contributed by atoms with E-state index >= 15 is 0 Å². The van der Waals surface area contributed by atoms with Gasteiger partial charge in [-0.3, -0.25) is 4.79 Å². The summed E-state index contributed by atoms with van der Waals surface area (Å²) in [4.78, 5) is 13.5. The van der Waals surface area contributed by atoms with Gasteiger partial charge in [0.1, 0.15) is 5.60 Å². The first-order valence-corrected chi connectivity index (χ1v) is 6.11. The van der Waals surface area contributed by atoms with Crippen LogP contribution < -0.4 is 5.32 Å². The molecule has 1 rings (SSSR count). The monoisotopic (exact) mass is 250 g/mol. The van der Waals surface area contributed by atoms with Crippen molar-refractivity contribution in [1.82, 2.24) is 10.2 Å². The van der Waals surface area contributed by atoms with Crippen molar-refractivity contribution in [3.05, 3.63) is 35.9 Å². The maximum Gasteiger partial charge on any atom is 0.221 e. The third-order valence-electron chi connectivity index (χ3n) is 2.81. The molecule has 0 aliphatic rings. The zero-order chi connectivity index (χ0) is 13.6. The maximum atomic E-state index is 11.6. The van der Waals surface area contributed by atoms with E-state index in [4.69, 9.17) is 0 Å². The van der Waals surface area contributed by atoms with E-state index in [1.54, 1.807) is 6.92 Å². The van der Waals surface area contributed by atoms with E-state index in [-0.39, 0.29) is 12.5 Å². The van der Waals surface area contributed by atoms with E-state index in [0.29, 0.717) is 13.0 Å². The second-order valence-electron chi connectivity index (χ2n) is 4.97. The normalized spacial score (nSPS) is 14.3. The zero-order valence-electron chi connectivity index (χ0n) is 11.3. The SMILES string of the molecule is CN(C)CCC(=O)NCC(C)(O)c1ccccc1. The van der Waals surface area contributed by atoms with E-state index in [9.17, 15) is 9.90 Å². The molecule has 0 heterocycles. The van der Waals surface area contributed by atoms with Crippen molar-refractivity contribution in [3.8, 4) is 0 Å². The molecule has 0 aliphatic carbocycles. The van der Waals surface area contributed by atoms with Gasteiger partial charge < -0.3 is 15.3 Å². The molecule has 0 bridgehead atoms. The molecule has 1 atom stereocenters. The fourth-order valence-electron chi connectivity index (χ4n) is 1.58. The molecule has 0 aromatic heterocycles. The number of rotatable bonds is 6. The Labute approximate surface area is 109 Å². The molecule has 0 saturated carbocycles. The molecule has 1 amide bonds. The van der Waals surface area contributed by atoms with Gasteiger partial charge in [-0.25, -0.2) is 0 Å². The molecule has 4 nitrogen and oxygen atoms in total. The third-order valence-corrected chi connectivity index (χ3v) is 2.81. The minimum atomic E-state index is -1.03. The van der Waals surface area contributed by atoms with E-state index < -0.39 is 5.60 Å². The van der Waals surface area contributed by atoms with Crippen molar-refractivity contribution in [2.75, 3.05) is 27.2 Å². The molecule has 0 aliphatic heterocycles. The quantitative estimate of drug-likeness (QED) is 0.791. The van der Waals surface area contributed by atoms with Gasteiger partial charge in [0.15, 0.2) is 0 Å². The summed E-state index contributed by atoms with van der Waals surface area (Å²) in [6.45, 7) is 2.64. The van der Waals surface area contributed by atoms with E-state index in [1.165, 1.54) is 0 Å². The summed E-state index contributed by atoms with van der Waals surface area (Å²) in [5, 5.41) is 13.0. The van der Waals surface area contributed by atoms with Crippen LogP contribution in [0.15, 0.2) is 30.3 Å². The van der Waals surface area contributed by atoms with Crippen LogP contribution in [0, 0.1) is 0 Å². The Kier molecular flexibility index (Phi) is 5.31. The molecule has 0 spiro atoms. The van der Waals surface area contributed by atoms with Gasteiger partial charge in [-0.05, 0) is 26.6 Å². The van der Waals surface area contributed by atoms with Crippen molar-refractivity contribution in [1.29, 1.82) is 0 Å². The summed E-state index contributed by atoms with van der Waals surface area (Å²) in [6, 6.07) is 9.35. The second kappa shape index (κ2) is 6.52. The summed E-state index contributed by atoms with van der Waals surface area (Å²) in [5.74, 6) is -0.0418. The highest BCUT2D eigenvalue weighted by atomic mass is 16.3. The second-order valence-corrected chi connectivity index (χ2v) is 4.97. The van der Waals surface area contributed by atoms with E-state index in [2.05, 4.69) is 5.32 Å². The molecule has 0 radical (unpaired) electrons. The van der Waals surface area contributed by atoms with Gasteiger partial charge in [-0.1, -0.05) is 30.3 Å².